The molecule has 0 aliphatic heterocycles. The second kappa shape index (κ2) is 5.85. The van der Waals surface area contributed by atoms with Crippen molar-refractivity contribution in [2.24, 2.45) is 0 Å². The number of carbonyl (C=O) groups is 1. The number of halogens is 2. The van der Waals surface area contributed by atoms with Crippen molar-refractivity contribution in [1.29, 1.82) is 0 Å². The lowest BCUT2D eigenvalue weighted by Crippen LogP contribution is -2.06. The van der Waals surface area contributed by atoms with Crippen molar-refractivity contribution in [3.8, 4) is 11.7 Å². The number of rotatable bonds is 5. The third kappa shape index (κ3) is 2.71. The van der Waals surface area contributed by atoms with E-state index >= 15 is 0 Å². The molecule has 5 nitrogen and oxygen atoms in total. The SMILES string of the molecule is CCOC(=O)c1oc(-c2ccc(CC)o2)nc1C(F)F. The molecule has 0 radical (unpaired) electrons. The van der Waals surface area contributed by atoms with Crippen molar-refractivity contribution in [2.75, 3.05) is 6.61 Å². The Labute approximate surface area is 113 Å². The van der Waals surface area contributed by atoms with Gasteiger partial charge in [-0.25, -0.2) is 18.6 Å². The van der Waals surface area contributed by atoms with E-state index in [0.717, 1.165) is 0 Å². The second-order valence-electron chi connectivity index (χ2n) is 3.87. The molecule has 108 valence electrons. The fraction of sp³-hybridized carbons (Fsp3) is 0.385. The molecule has 0 aliphatic rings. The van der Waals surface area contributed by atoms with Gasteiger partial charge in [-0.2, -0.15) is 0 Å². The van der Waals surface area contributed by atoms with Crippen LogP contribution in [0.5, 0.6) is 0 Å². The minimum Gasteiger partial charge on any atom is -0.460 e. The van der Waals surface area contributed by atoms with Crippen LogP contribution in [-0.4, -0.2) is 17.6 Å². The van der Waals surface area contributed by atoms with Crippen LogP contribution >= 0.6 is 0 Å². The van der Waals surface area contributed by atoms with Gasteiger partial charge in [-0.1, -0.05) is 6.92 Å². The first-order valence-electron chi connectivity index (χ1n) is 6.11. The van der Waals surface area contributed by atoms with Gasteiger partial charge in [0.2, 0.25) is 5.76 Å². The van der Waals surface area contributed by atoms with Crippen LogP contribution in [-0.2, 0) is 11.2 Å². The van der Waals surface area contributed by atoms with Crippen LogP contribution in [0.3, 0.4) is 0 Å². The summed E-state index contributed by atoms with van der Waals surface area (Å²) in [5.74, 6) is -0.869. The van der Waals surface area contributed by atoms with Crippen LogP contribution in [0.15, 0.2) is 21.0 Å². The Morgan fingerprint density at radius 3 is 2.65 bits per heavy atom. The maximum atomic E-state index is 12.9. The molecule has 0 aromatic carbocycles. The Morgan fingerprint density at radius 1 is 1.35 bits per heavy atom. The minimum absolute atomic E-state index is 0.0538. The molecule has 2 aromatic rings. The largest absolute Gasteiger partial charge is 0.460 e. The van der Waals surface area contributed by atoms with Crippen LogP contribution in [0.4, 0.5) is 8.78 Å². The van der Waals surface area contributed by atoms with Gasteiger partial charge in [-0.05, 0) is 19.1 Å². The molecule has 0 N–H and O–H groups in total. The Kier molecular flexibility index (Phi) is 4.16. The fourth-order valence-corrected chi connectivity index (χ4v) is 1.61. The lowest BCUT2D eigenvalue weighted by molar-refractivity contribution is 0.0476. The summed E-state index contributed by atoms with van der Waals surface area (Å²) in [5.41, 5.74) is -0.743. The van der Waals surface area contributed by atoms with Gasteiger partial charge >= 0.3 is 5.97 Å². The molecule has 20 heavy (non-hydrogen) atoms. The quantitative estimate of drug-likeness (QED) is 0.785. The van der Waals surface area contributed by atoms with Crippen LogP contribution in [0, 0.1) is 0 Å². The predicted molar refractivity (Wildman–Crippen MR) is 64.5 cm³/mol. The monoisotopic (exact) mass is 285 g/mol. The third-order valence-electron chi connectivity index (χ3n) is 2.54. The summed E-state index contributed by atoms with van der Waals surface area (Å²) in [6, 6.07) is 3.24. The molecule has 2 heterocycles. The van der Waals surface area contributed by atoms with E-state index in [1.54, 1.807) is 19.1 Å². The Bertz CT molecular complexity index is 603. The van der Waals surface area contributed by atoms with Crippen LogP contribution in [0.1, 0.15) is 42.3 Å². The van der Waals surface area contributed by atoms with Crippen molar-refractivity contribution < 1.29 is 27.1 Å². The summed E-state index contributed by atoms with van der Waals surface area (Å²) in [4.78, 5) is 15.2. The molecule has 0 aliphatic carbocycles. The van der Waals surface area contributed by atoms with E-state index in [-0.39, 0.29) is 18.3 Å². The Hall–Kier alpha value is -2.18. The number of alkyl halides is 2. The molecule has 0 saturated heterocycles. The van der Waals surface area contributed by atoms with Crippen molar-refractivity contribution in [3.63, 3.8) is 0 Å². The van der Waals surface area contributed by atoms with Crippen LogP contribution in [0.25, 0.3) is 11.7 Å². The van der Waals surface area contributed by atoms with Gasteiger partial charge in [0.1, 0.15) is 5.76 Å². The Morgan fingerprint density at radius 2 is 2.10 bits per heavy atom. The lowest BCUT2D eigenvalue weighted by Gasteiger charge is -1.99. The molecule has 0 spiro atoms. The van der Waals surface area contributed by atoms with Crippen molar-refractivity contribution >= 4 is 5.97 Å². The average molecular weight is 285 g/mol. The molecular formula is C13H13F2NO4. The number of hydrogen-bond donors (Lipinski definition) is 0. The molecule has 0 unspecified atom stereocenters. The molecule has 0 bridgehead atoms. The first kappa shape index (κ1) is 14.2. The van der Waals surface area contributed by atoms with E-state index in [1.165, 1.54) is 0 Å². The van der Waals surface area contributed by atoms with E-state index in [0.29, 0.717) is 12.2 Å². The number of carbonyl (C=O) groups excluding carboxylic acids is 1. The lowest BCUT2D eigenvalue weighted by atomic mass is 10.3. The minimum atomic E-state index is -2.94. The summed E-state index contributed by atoms with van der Waals surface area (Å²) in [6.07, 6.45) is -2.29. The summed E-state index contributed by atoms with van der Waals surface area (Å²) in [5, 5.41) is 0. The summed E-state index contributed by atoms with van der Waals surface area (Å²) in [7, 11) is 0. The van der Waals surface area contributed by atoms with Gasteiger partial charge in [0.25, 0.3) is 12.3 Å². The number of esters is 1. The van der Waals surface area contributed by atoms with E-state index < -0.39 is 23.8 Å². The van der Waals surface area contributed by atoms with E-state index in [2.05, 4.69) is 9.72 Å². The molecule has 2 rings (SSSR count). The highest BCUT2D eigenvalue weighted by molar-refractivity contribution is 5.88. The molecule has 7 heteroatoms. The molecule has 0 atom stereocenters. The van der Waals surface area contributed by atoms with Crippen LogP contribution < -0.4 is 0 Å². The zero-order chi connectivity index (χ0) is 14.7. The zero-order valence-corrected chi connectivity index (χ0v) is 11.0. The highest BCUT2D eigenvalue weighted by Crippen LogP contribution is 2.29. The topological polar surface area (TPSA) is 65.5 Å². The molecule has 0 fully saturated rings. The second-order valence-corrected chi connectivity index (χ2v) is 3.87. The van der Waals surface area contributed by atoms with E-state index in [9.17, 15) is 13.6 Å². The first-order chi connectivity index (χ1) is 9.56. The fourth-order valence-electron chi connectivity index (χ4n) is 1.61. The highest BCUT2D eigenvalue weighted by Gasteiger charge is 2.28. The molecular weight excluding hydrogens is 272 g/mol. The Balaban J connectivity index is 2.40. The molecule has 0 saturated carbocycles. The van der Waals surface area contributed by atoms with Crippen molar-refractivity contribution in [1.82, 2.24) is 4.98 Å². The van der Waals surface area contributed by atoms with Gasteiger partial charge in [0.05, 0.1) is 6.61 Å². The zero-order valence-electron chi connectivity index (χ0n) is 11.0. The van der Waals surface area contributed by atoms with Gasteiger partial charge in [-0.3, -0.25) is 0 Å². The summed E-state index contributed by atoms with van der Waals surface area (Å²) >= 11 is 0. The van der Waals surface area contributed by atoms with E-state index in [1.807, 2.05) is 6.92 Å². The standard InChI is InChI=1S/C13H13F2NO4/c1-3-7-5-6-8(19-7)12-16-9(11(14)15)10(20-12)13(17)18-4-2/h5-6,11H,3-4H2,1-2H3. The van der Waals surface area contributed by atoms with Crippen LogP contribution in [0.2, 0.25) is 0 Å². The molecule has 0 amide bonds. The predicted octanol–water partition coefficient (Wildman–Crippen LogP) is 3.61. The summed E-state index contributed by atoms with van der Waals surface area (Å²) in [6.45, 7) is 3.50. The van der Waals surface area contributed by atoms with E-state index in [4.69, 9.17) is 8.83 Å². The van der Waals surface area contributed by atoms with Gasteiger partial charge in [-0.15, -0.1) is 0 Å². The van der Waals surface area contributed by atoms with Crippen molar-refractivity contribution in [3.05, 3.63) is 29.3 Å². The number of oxazole rings is 1. The highest BCUT2D eigenvalue weighted by atomic mass is 19.3. The van der Waals surface area contributed by atoms with Crippen molar-refractivity contribution in [2.45, 2.75) is 26.7 Å². The van der Waals surface area contributed by atoms with Gasteiger partial charge in [0, 0.05) is 6.42 Å². The maximum Gasteiger partial charge on any atom is 0.376 e. The number of nitrogens with zero attached hydrogens (tertiary/aromatic N) is 1. The number of ether oxygens (including phenoxy) is 1. The maximum absolute atomic E-state index is 12.9. The summed E-state index contributed by atoms with van der Waals surface area (Å²) < 4.78 is 40.8. The normalized spacial score (nSPS) is 11.1. The smallest absolute Gasteiger partial charge is 0.376 e. The number of aromatic nitrogens is 1. The number of furan rings is 1. The number of hydrogen-bond acceptors (Lipinski definition) is 5. The molecule has 2 aromatic heterocycles. The third-order valence-corrected chi connectivity index (χ3v) is 2.54. The number of aryl methyl sites for hydroxylation is 1. The van der Waals surface area contributed by atoms with Gasteiger partial charge in [0.15, 0.2) is 11.5 Å². The first-order valence-corrected chi connectivity index (χ1v) is 6.11. The average Bonchev–Trinajstić information content (AvgIpc) is 3.05. The van der Waals surface area contributed by atoms with Gasteiger partial charge < -0.3 is 13.6 Å².